The summed E-state index contributed by atoms with van der Waals surface area (Å²) < 4.78 is 4.97. The predicted octanol–water partition coefficient (Wildman–Crippen LogP) is 3.85. The van der Waals surface area contributed by atoms with Gasteiger partial charge in [-0.25, -0.2) is 0 Å². The summed E-state index contributed by atoms with van der Waals surface area (Å²) >= 11 is 0. The van der Waals surface area contributed by atoms with Crippen LogP contribution in [0.15, 0.2) is 41.1 Å². The van der Waals surface area contributed by atoms with Crippen molar-refractivity contribution < 1.29 is 19.2 Å². The van der Waals surface area contributed by atoms with Crippen LogP contribution in [0.25, 0.3) is 0 Å². The summed E-state index contributed by atoms with van der Waals surface area (Å²) in [7, 11) is 0. The van der Waals surface area contributed by atoms with Crippen LogP contribution in [0, 0.1) is 5.41 Å². The van der Waals surface area contributed by atoms with E-state index >= 15 is 0 Å². The maximum Gasteiger partial charge on any atom is 0.250 e. The Balaban J connectivity index is 2.19. The van der Waals surface area contributed by atoms with Crippen molar-refractivity contribution in [1.29, 1.82) is 0 Å². The second-order valence-corrected chi connectivity index (χ2v) is 10.6. The van der Waals surface area contributed by atoms with E-state index in [9.17, 15) is 14.7 Å². The number of aliphatic hydroxyl groups excluding tert-OH is 1. The van der Waals surface area contributed by atoms with Gasteiger partial charge in [-0.2, -0.15) is 0 Å². The molecule has 0 aliphatic heterocycles. The molecular weight excluding hydrogens is 406 g/mol. The van der Waals surface area contributed by atoms with Crippen molar-refractivity contribution in [3.63, 3.8) is 0 Å². The van der Waals surface area contributed by atoms with Gasteiger partial charge in [0.15, 0.2) is 5.82 Å². The second kappa shape index (κ2) is 9.86. The molecule has 2 N–H and O–H groups in total. The first-order valence-corrected chi connectivity index (χ1v) is 11.0. The Bertz CT molecular complexity index is 893. The van der Waals surface area contributed by atoms with Crippen molar-refractivity contribution in [3.05, 3.63) is 47.7 Å². The maximum atomic E-state index is 13.3. The highest BCUT2D eigenvalue weighted by Crippen LogP contribution is 2.24. The van der Waals surface area contributed by atoms with Crippen LogP contribution in [0.3, 0.4) is 0 Å². The summed E-state index contributed by atoms with van der Waals surface area (Å²) in [6.07, 6.45) is 0.790. The van der Waals surface area contributed by atoms with Gasteiger partial charge in [0.05, 0.1) is 0 Å². The summed E-state index contributed by atoms with van der Waals surface area (Å²) in [6.45, 7) is 15.3. The van der Waals surface area contributed by atoms with Gasteiger partial charge in [0.1, 0.15) is 18.4 Å². The SMILES string of the molecule is CC(NC(=O)C(O)C(C)(C)C)C(=O)N(c1ccon1)C(C)Cc1ccc(C(C)(C)C)cc1. The Morgan fingerprint density at radius 3 is 2.12 bits per heavy atom. The van der Waals surface area contributed by atoms with E-state index in [-0.39, 0.29) is 17.4 Å². The zero-order chi connectivity index (χ0) is 24.3. The number of rotatable bonds is 7. The molecule has 0 bridgehead atoms. The standard InChI is InChI=1S/C25H37N3O4/c1-16(15-18-9-11-19(12-10-18)24(3,4)5)28(20-13-14-32-27-20)23(31)17(2)26-22(30)21(29)25(6,7)8/h9-14,16-17,21,29H,15H2,1-8H3,(H,26,30). The highest BCUT2D eigenvalue weighted by molar-refractivity contribution is 5.99. The molecule has 32 heavy (non-hydrogen) atoms. The van der Waals surface area contributed by atoms with Gasteiger partial charge in [-0.15, -0.1) is 0 Å². The number of nitrogens with one attached hydrogen (secondary N) is 1. The molecule has 1 heterocycles. The molecule has 3 unspecified atom stereocenters. The van der Waals surface area contributed by atoms with Crippen molar-refractivity contribution in [2.24, 2.45) is 5.41 Å². The number of aliphatic hydroxyl groups is 1. The van der Waals surface area contributed by atoms with Crippen LogP contribution in [0.2, 0.25) is 0 Å². The molecule has 2 aromatic rings. The molecule has 0 radical (unpaired) electrons. The molecular formula is C25H37N3O4. The number of anilines is 1. The fourth-order valence-electron chi connectivity index (χ4n) is 3.42. The molecule has 0 spiro atoms. The monoisotopic (exact) mass is 443 g/mol. The minimum atomic E-state index is -1.22. The van der Waals surface area contributed by atoms with E-state index in [0.717, 1.165) is 5.56 Å². The third kappa shape index (κ3) is 6.42. The van der Waals surface area contributed by atoms with Crippen molar-refractivity contribution in [2.75, 3.05) is 4.90 Å². The molecule has 1 aromatic heterocycles. The average Bonchev–Trinajstić information content (AvgIpc) is 3.20. The van der Waals surface area contributed by atoms with Crippen LogP contribution in [0.1, 0.15) is 66.5 Å². The Kier molecular flexibility index (Phi) is 7.88. The van der Waals surface area contributed by atoms with Crippen molar-refractivity contribution in [1.82, 2.24) is 10.5 Å². The van der Waals surface area contributed by atoms with Crippen LogP contribution in [-0.4, -0.2) is 40.3 Å². The van der Waals surface area contributed by atoms with Crippen molar-refractivity contribution >= 4 is 17.6 Å². The average molecular weight is 444 g/mol. The Hall–Kier alpha value is -2.67. The van der Waals surface area contributed by atoms with E-state index in [1.54, 1.807) is 33.8 Å². The number of nitrogens with zero attached hydrogens (tertiary/aromatic N) is 2. The minimum absolute atomic E-state index is 0.0676. The second-order valence-electron chi connectivity index (χ2n) is 10.6. The maximum absolute atomic E-state index is 13.3. The quantitative estimate of drug-likeness (QED) is 0.678. The van der Waals surface area contributed by atoms with Gasteiger partial charge in [-0.05, 0) is 42.2 Å². The van der Waals surface area contributed by atoms with Crippen LogP contribution in [0.4, 0.5) is 5.82 Å². The van der Waals surface area contributed by atoms with Crippen molar-refractivity contribution in [2.45, 2.75) is 85.4 Å². The fraction of sp³-hybridized carbons (Fsp3) is 0.560. The number of amides is 2. The van der Waals surface area contributed by atoms with Gasteiger partial charge in [-0.1, -0.05) is 71.0 Å². The van der Waals surface area contributed by atoms with Crippen LogP contribution < -0.4 is 10.2 Å². The summed E-state index contributed by atoms with van der Waals surface area (Å²) in [6, 6.07) is 8.92. The van der Waals surface area contributed by atoms with Gasteiger partial charge < -0.3 is 14.9 Å². The molecule has 2 amide bonds. The Morgan fingerprint density at radius 1 is 1.06 bits per heavy atom. The Morgan fingerprint density at radius 2 is 1.66 bits per heavy atom. The number of carbonyl (C=O) groups excluding carboxylic acids is 2. The van der Waals surface area contributed by atoms with E-state index in [0.29, 0.717) is 12.2 Å². The molecule has 0 fully saturated rings. The van der Waals surface area contributed by atoms with Gasteiger partial charge in [0.2, 0.25) is 5.91 Å². The highest BCUT2D eigenvalue weighted by Gasteiger charge is 2.33. The molecule has 176 valence electrons. The molecule has 0 saturated carbocycles. The molecule has 7 heteroatoms. The molecule has 0 aliphatic rings. The summed E-state index contributed by atoms with van der Waals surface area (Å²) in [5, 5.41) is 16.8. The van der Waals surface area contributed by atoms with E-state index in [1.807, 2.05) is 6.92 Å². The highest BCUT2D eigenvalue weighted by atomic mass is 16.5. The topological polar surface area (TPSA) is 95.7 Å². The van der Waals surface area contributed by atoms with Crippen molar-refractivity contribution in [3.8, 4) is 0 Å². The van der Waals surface area contributed by atoms with E-state index in [4.69, 9.17) is 4.52 Å². The smallest absolute Gasteiger partial charge is 0.250 e. The normalized spacial score (nSPS) is 15.0. The third-order valence-electron chi connectivity index (χ3n) is 5.50. The van der Waals surface area contributed by atoms with E-state index < -0.39 is 23.5 Å². The third-order valence-corrected chi connectivity index (χ3v) is 5.50. The van der Waals surface area contributed by atoms with E-state index in [1.165, 1.54) is 16.7 Å². The fourth-order valence-corrected chi connectivity index (χ4v) is 3.42. The zero-order valence-corrected chi connectivity index (χ0v) is 20.5. The molecule has 1 aromatic carbocycles. The largest absolute Gasteiger partial charge is 0.383 e. The molecule has 0 aliphatic carbocycles. The molecule has 7 nitrogen and oxygen atoms in total. The van der Waals surface area contributed by atoms with Gasteiger partial charge >= 0.3 is 0 Å². The minimum Gasteiger partial charge on any atom is -0.383 e. The van der Waals surface area contributed by atoms with Crippen LogP contribution in [0.5, 0.6) is 0 Å². The summed E-state index contributed by atoms with van der Waals surface area (Å²) in [5.41, 5.74) is 1.77. The number of hydrogen-bond acceptors (Lipinski definition) is 5. The summed E-state index contributed by atoms with van der Waals surface area (Å²) in [4.78, 5) is 27.3. The van der Waals surface area contributed by atoms with Crippen LogP contribution in [-0.2, 0) is 21.4 Å². The molecule has 2 rings (SSSR count). The predicted molar refractivity (Wildman–Crippen MR) is 125 cm³/mol. The lowest BCUT2D eigenvalue weighted by Gasteiger charge is -2.31. The van der Waals surface area contributed by atoms with E-state index in [2.05, 4.69) is 55.5 Å². The number of hydrogen-bond donors (Lipinski definition) is 2. The summed E-state index contributed by atoms with van der Waals surface area (Å²) in [5.74, 6) is -0.526. The number of benzene rings is 1. The lowest BCUT2D eigenvalue weighted by molar-refractivity contribution is -0.137. The first-order chi connectivity index (χ1) is 14.7. The first kappa shape index (κ1) is 25.6. The number of carbonyl (C=O) groups is 2. The lowest BCUT2D eigenvalue weighted by Crippen LogP contribution is -2.54. The lowest BCUT2D eigenvalue weighted by atomic mass is 9.86. The Labute approximate surface area is 191 Å². The number of aromatic nitrogens is 1. The zero-order valence-electron chi connectivity index (χ0n) is 20.5. The van der Waals surface area contributed by atoms with Crippen LogP contribution >= 0.6 is 0 Å². The first-order valence-electron chi connectivity index (χ1n) is 11.0. The molecule has 3 atom stereocenters. The van der Waals surface area contributed by atoms with Gasteiger partial charge in [0.25, 0.3) is 5.91 Å². The van der Waals surface area contributed by atoms with Gasteiger partial charge in [-0.3, -0.25) is 14.5 Å². The van der Waals surface area contributed by atoms with Gasteiger partial charge in [0, 0.05) is 12.1 Å². The molecule has 0 saturated heterocycles.